The van der Waals surface area contributed by atoms with Crippen LogP contribution < -0.4 is 5.32 Å². The molecular weight excluding hydrogens is 326 g/mol. The number of nitrogens with one attached hydrogen (secondary N) is 1. The molecule has 3 heterocycles. The fraction of sp³-hybridized carbons (Fsp3) is 0.235. The number of rotatable bonds is 2. The van der Waals surface area contributed by atoms with Gasteiger partial charge < -0.3 is 5.32 Å². The van der Waals surface area contributed by atoms with E-state index in [1.807, 2.05) is 37.3 Å². The first-order valence-corrected chi connectivity index (χ1v) is 8.06. The lowest BCUT2D eigenvalue weighted by atomic mass is 9.87. The highest BCUT2D eigenvalue weighted by Gasteiger charge is 2.34. The van der Waals surface area contributed by atoms with Gasteiger partial charge >= 0.3 is 0 Å². The summed E-state index contributed by atoms with van der Waals surface area (Å²) in [5.74, 6) is 0.499. The van der Waals surface area contributed by atoms with Gasteiger partial charge in [0.05, 0.1) is 17.6 Å². The quantitative estimate of drug-likeness (QED) is 0.779. The van der Waals surface area contributed by atoms with E-state index in [9.17, 15) is 4.79 Å². The molecule has 0 fully saturated rings. The summed E-state index contributed by atoms with van der Waals surface area (Å²) in [4.78, 5) is 12.3. The zero-order chi connectivity index (χ0) is 16.8. The number of benzene rings is 1. The van der Waals surface area contributed by atoms with E-state index in [-0.39, 0.29) is 11.8 Å². The Labute approximate surface area is 144 Å². The summed E-state index contributed by atoms with van der Waals surface area (Å²) in [6.45, 7) is 1.91. The van der Waals surface area contributed by atoms with Gasteiger partial charge in [-0.2, -0.15) is 10.2 Å². The Bertz CT molecular complexity index is 928. The Morgan fingerprint density at radius 2 is 2.04 bits per heavy atom. The fourth-order valence-corrected chi connectivity index (χ4v) is 3.59. The largest absolute Gasteiger partial charge is 0.310 e. The van der Waals surface area contributed by atoms with Gasteiger partial charge in [0, 0.05) is 30.5 Å². The van der Waals surface area contributed by atoms with E-state index in [1.165, 1.54) is 0 Å². The molecule has 1 aromatic carbocycles. The first kappa shape index (κ1) is 15.0. The van der Waals surface area contributed by atoms with Gasteiger partial charge in [0.25, 0.3) is 0 Å². The summed E-state index contributed by atoms with van der Waals surface area (Å²) in [5, 5.41) is 12.4. The zero-order valence-corrected chi connectivity index (χ0v) is 14.1. The second kappa shape index (κ2) is 5.49. The summed E-state index contributed by atoms with van der Waals surface area (Å²) in [7, 11) is 1.80. The fourth-order valence-electron chi connectivity index (χ4n) is 3.28. The maximum Gasteiger partial charge on any atom is 0.226 e. The number of carbonyl (C=O) groups is 1. The summed E-state index contributed by atoms with van der Waals surface area (Å²) in [6.07, 6.45) is 2.13. The predicted octanol–water partition coefficient (Wildman–Crippen LogP) is 3.04. The first-order valence-electron chi connectivity index (χ1n) is 7.68. The highest BCUT2D eigenvalue weighted by Crippen LogP contribution is 2.41. The normalized spacial score (nSPS) is 16.8. The van der Waals surface area contributed by atoms with Crippen LogP contribution in [-0.4, -0.2) is 25.5 Å². The minimum atomic E-state index is -0.146. The maximum absolute atomic E-state index is 12.3. The molecule has 7 heteroatoms. The molecule has 0 saturated carbocycles. The number of halogens is 1. The number of fused-ring (bicyclic) bond motifs is 1. The van der Waals surface area contributed by atoms with E-state index in [4.69, 9.17) is 11.6 Å². The van der Waals surface area contributed by atoms with Crippen molar-refractivity contribution in [3.63, 3.8) is 0 Å². The molecule has 0 spiro atoms. The third-order valence-electron chi connectivity index (χ3n) is 4.37. The van der Waals surface area contributed by atoms with Crippen LogP contribution in [-0.2, 0) is 11.8 Å². The van der Waals surface area contributed by atoms with Gasteiger partial charge in [-0.05, 0) is 19.1 Å². The van der Waals surface area contributed by atoms with Gasteiger partial charge in [-0.1, -0.05) is 29.8 Å². The van der Waals surface area contributed by atoms with Crippen LogP contribution in [0.2, 0.25) is 5.15 Å². The van der Waals surface area contributed by atoms with E-state index in [0.29, 0.717) is 17.4 Å². The lowest BCUT2D eigenvalue weighted by Crippen LogP contribution is -2.25. The Morgan fingerprint density at radius 3 is 2.71 bits per heavy atom. The standard InChI is InChI=1S/C17H16ClN5O/c1-10-15(16(18)22(2)21-10)12-8-14(24)20-17-13(12)9-19-23(17)11-6-4-3-5-7-11/h3-7,9,12H,8H2,1-2H3,(H,20,24)/t12-/m0/s1. The number of hydrogen-bond acceptors (Lipinski definition) is 3. The van der Waals surface area contributed by atoms with Crippen molar-refractivity contribution in [2.75, 3.05) is 5.32 Å². The molecule has 0 bridgehead atoms. The molecule has 122 valence electrons. The number of carbonyl (C=O) groups excluding carboxylic acids is 1. The highest BCUT2D eigenvalue weighted by atomic mass is 35.5. The van der Waals surface area contributed by atoms with Crippen molar-refractivity contribution in [1.29, 1.82) is 0 Å². The molecule has 0 aliphatic carbocycles. The highest BCUT2D eigenvalue weighted by molar-refractivity contribution is 6.30. The van der Waals surface area contributed by atoms with E-state index in [0.717, 1.165) is 22.5 Å². The summed E-state index contributed by atoms with van der Waals surface area (Å²) in [6, 6.07) is 9.72. The maximum atomic E-state index is 12.3. The van der Waals surface area contributed by atoms with E-state index in [2.05, 4.69) is 15.5 Å². The number of nitrogens with zero attached hydrogens (tertiary/aromatic N) is 4. The van der Waals surface area contributed by atoms with Gasteiger partial charge in [-0.15, -0.1) is 0 Å². The van der Waals surface area contributed by atoms with Crippen LogP contribution in [0.3, 0.4) is 0 Å². The molecule has 3 aromatic rings. The number of anilines is 1. The van der Waals surface area contributed by atoms with Crippen LogP contribution in [0.5, 0.6) is 0 Å². The second-order valence-corrected chi connectivity index (χ2v) is 6.27. The Kier molecular flexibility index (Phi) is 3.42. The van der Waals surface area contributed by atoms with Crippen LogP contribution in [0.25, 0.3) is 5.69 Å². The average molecular weight is 342 g/mol. The lowest BCUT2D eigenvalue weighted by Gasteiger charge is -2.23. The van der Waals surface area contributed by atoms with Crippen LogP contribution in [0, 0.1) is 6.92 Å². The number of aryl methyl sites for hydroxylation is 2. The van der Waals surface area contributed by atoms with Crippen LogP contribution in [0.15, 0.2) is 36.5 Å². The van der Waals surface area contributed by atoms with Gasteiger partial charge in [0.15, 0.2) is 0 Å². The summed E-state index contributed by atoms with van der Waals surface area (Å²) < 4.78 is 3.39. The minimum absolute atomic E-state index is 0.0514. The molecule has 4 rings (SSSR count). The third kappa shape index (κ3) is 2.22. The van der Waals surface area contributed by atoms with Crippen LogP contribution in [0.1, 0.15) is 29.2 Å². The van der Waals surface area contributed by atoms with Crippen molar-refractivity contribution in [3.8, 4) is 5.69 Å². The molecule has 0 saturated heterocycles. The lowest BCUT2D eigenvalue weighted by molar-refractivity contribution is -0.116. The second-order valence-electron chi connectivity index (χ2n) is 5.91. The monoisotopic (exact) mass is 341 g/mol. The van der Waals surface area contributed by atoms with Crippen molar-refractivity contribution < 1.29 is 4.79 Å². The van der Waals surface area contributed by atoms with Crippen molar-refractivity contribution in [3.05, 3.63) is 58.5 Å². The molecule has 2 aromatic heterocycles. The number of hydrogen-bond donors (Lipinski definition) is 1. The van der Waals surface area contributed by atoms with Crippen molar-refractivity contribution in [2.24, 2.45) is 7.05 Å². The molecule has 1 aliphatic rings. The van der Waals surface area contributed by atoms with Crippen LogP contribution >= 0.6 is 11.6 Å². The molecule has 1 N–H and O–H groups in total. The molecular formula is C17H16ClN5O. The van der Waals surface area contributed by atoms with Gasteiger partial charge in [0.1, 0.15) is 11.0 Å². The molecule has 1 aliphatic heterocycles. The molecule has 6 nitrogen and oxygen atoms in total. The van der Waals surface area contributed by atoms with E-state index < -0.39 is 0 Å². The minimum Gasteiger partial charge on any atom is -0.310 e. The smallest absolute Gasteiger partial charge is 0.226 e. The van der Waals surface area contributed by atoms with Gasteiger partial charge in [0.2, 0.25) is 5.91 Å². The zero-order valence-electron chi connectivity index (χ0n) is 13.3. The van der Waals surface area contributed by atoms with Crippen molar-refractivity contribution in [1.82, 2.24) is 19.6 Å². The number of amides is 1. The van der Waals surface area contributed by atoms with Crippen molar-refractivity contribution in [2.45, 2.75) is 19.3 Å². The Balaban J connectivity index is 1.87. The number of para-hydroxylation sites is 1. The van der Waals surface area contributed by atoms with Gasteiger partial charge in [-0.3, -0.25) is 9.48 Å². The van der Waals surface area contributed by atoms with Crippen molar-refractivity contribution >= 4 is 23.3 Å². The van der Waals surface area contributed by atoms with E-state index >= 15 is 0 Å². The summed E-state index contributed by atoms with van der Waals surface area (Å²) >= 11 is 6.43. The Morgan fingerprint density at radius 1 is 1.29 bits per heavy atom. The Hall–Kier alpha value is -2.60. The SMILES string of the molecule is Cc1nn(C)c(Cl)c1[C@H]1CC(=O)Nc2c1cnn2-c1ccccc1. The van der Waals surface area contributed by atoms with Gasteiger partial charge in [-0.25, -0.2) is 4.68 Å². The number of aromatic nitrogens is 4. The molecule has 1 amide bonds. The topological polar surface area (TPSA) is 64.7 Å². The molecule has 24 heavy (non-hydrogen) atoms. The first-order chi connectivity index (χ1) is 11.6. The molecule has 1 atom stereocenters. The molecule has 0 unspecified atom stereocenters. The third-order valence-corrected chi connectivity index (χ3v) is 4.81. The molecule has 0 radical (unpaired) electrons. The van der Waals surface area contributed by atoms with E-state index in [1.54, 1.807) is 22.6 Å². The van der Waals surface area contributed by atoms with Crippen LogP contribution in [0.4, 0.5) is 5.82 Å². The predicted molar refractivity (Wildman–Crippen MR) is 91.6 cm³/mol. The average Bonchev–Trinajstić information content (AvgIpc) is 3.09. The summed E-state index contributed by atoms with van der Waals surface area (Å²) in [5.41, 5.74) is 3.58.